The molecule has 112 valence electrons. The molecule has 0 N–H and O–H groups in total. The monoisotopic (exact) mass is 316 g/mol. The second-order valence-corrected chi connectivity index (χ2v) is 5.11. The lowest BCUT2D eigenvalue weighted by molar-refractivity contribution is -0.137. The van der Waals surface area contributed by atoms with Crippen LogP contribution in [-0.4, -0.2) is 21.3 Å². The van der Waals surface area contributed by atoms with Crippen LogP contribution in [0.2, 0.25) is 0 Å². The molecule has 1 aromatic carbocycles. The Morgan fingerprint density at radius 2 is 2.05 bits per heavy atom. The zero-order valence-electron chi connectivity index (χ0n) is 10.9. The van der Waals surface area contributed by atoms with Crippen molar-refractivity contribution in [1.29, 1.82) is 0 Å². The maximum Gasteiger partial charge on any atom is 0.418 e. The Morgan fingerprint density at radius 1 is 1.24 bits per heavy atom. The quantitative estimate of drug-likeness (QED) is 0.799. The van der Waals surface area contributed by atoms with Crippen molar-refractivity contribution in [3.63, 3.8) is 0 Å². The fraction of sp³-hybridized carbons (Fsp3) is 0.385. The average molecular weight is 317 g/mol. The minimum atomic E-state index is -4.41. The van der Waals surface area contributed by atoms with Gasteiger partial charge in [0.15, 0.2) is 5.82 Å². The van der Waals surface area contributed by atoms with E-state index in [0.29, 0.717) is 31.0 Å². The minimum absolute atomic E-state index is 0.0533. The summed E-state index contributed by atoms with van der Waals surface area (Å²) in [5.41, 5.74) is -0.0489. The topological polar surface area (TPSA) is 34.0 Å². The van der Waals surface area contributed by atoms with Crippen molar-refractivity contribution >= 4 is 17.3 Å². The summed E-state index contributed by atoms with van der Waals surface area (Å²) in [7, 11) is 0. The SMILES string of the molecule is FC(F)(F)c1cc(CCl)ccc1N1CCn2cnnc2C1. The third kappa shape index (κ3) is 2.70. The number of rotatable bonds is 2. The van der Waals surface area contributed by atoms with Crippen LogP contribution in [-0.2, 0) is 25.1 Å². The first-order valence-corrected chi connectivity index (χ1v) is 6.90. The van der Waals surface area contributed by atoms with Gasteiger partial charge in [-0.2, -0.15) is 13.2 Å². The molecular weight excluding hydrogens is 305 g/mol. The minimum Gasteiger partial charge on any atom is -0.362 e. The lowest BCUT2D eigenvalue weighted by Crippen LogP contribution is -2.35. The molecule has 0 fully saturated rings. The first-order valence-electron chi connectivity index (χ1n) is 6.37. The summed E-state index contributed by atoms with van der Waals surface area (Å²) in [5.74, 6) is 0.716. The molecule has 0 aliphatic carbocycles. The van der Waals surface area contributed by atoms with Gasteiger partial charge in [-0.05, 0) is 17.7 Å². The first-order chi connectivity index (χ1) is 9.99. The molecule has 21 heavy (non-hydrogen) atoms. The van der Waals surface area contributed by atoms with Gasteiger partial charge in [-0.3, -0.25) is 0 Å². The number of fused-ring (bicyclic) bond motifs is 1. The molecule has 2 aromatic rings. The van der Waals surface area contributed by atoms with E-state index in [2.05, 4.69) is 10.2 Å². The fourth-order valence-corrected chi connectivity index (χ4v) is 2.61. The average Bonchev–Trinajstić information content (AvgIpc) is 2.93. The number of aromatic nitrogens is 3. The standard InChI is InChI=1S/C13H12ClF3N4/c14-6-9-1-2-11(10(5-9)13(15,16)17)20-3-4-21-8-18-19-12(21)7-20/h1-2,5,8H,3-4,6-7H2. The smallest absolute Gasteiger partial charge is 0.362 e. The second-order valence-electron chi connectivity index (χ2n) is 4.85. The van der Waals surface area contributed by atoms with E-state index in [1.807, 2.05) is 4.57 Å². The molecule has 0 bridgehead atoms. The number of hydrogen-bond donors (Lipinski definition) is 0. The highest BCUT2D eigenvalue weighted by molar-refractivity contribution is 6.17. The van der Waals surface area contributed by atoms with Crippen LogP contribution in [0.4, 0.5) is 18.9 Å². The summed E-state index contributed by atoms with van der Waals surface area (Å²) in [6.07, 6.45) is -2.82. The highest BCUT2D eigenvalue weighted by atomic mass is 35.5. The van der Waals surface area contributed by atoms with Gasteiger partial charge >= 0.3 is 6.18 Å². The van der Waals surface area contributed by atoms with E-state index in [9.17, 15) is 13.2 Å². The Hall–Kier alpha value is -1.76. The van der Waals surface area contributed by atoms with E-state index in [-0.39, 0.29) is 11.6 Å². The molecule has 0 spiro atoms. The number of benzene rings is 1. The van der Waals surface area contributed by atoms with Gasteiger partial charge in [0.25, 0.3) is 0 Å². The van der Waals surface area contributed by atoms with E-state index in [0.717, 1.165) is 6.07 Å². The Labute approximate surface area is 124 Å². The predicted octanol–water partition coefficient (Wildman–Crippen LogP) is 3.06. The molecular formula is C13H12ClF3N4. The third-order valence-corrected chi connectivity index (χ3v) is 3.81. The van der Waals surface area contributed by atoms with E-state index in [1.54, 1.807) is 17.3 Å². The van der Waals surface area contributed by atoms with Crippen molar-refractivity contribution in [2.75, 3.05) is 11.4 Å². The van der Waals surface area contributed by atoms with E-state index >= 15 is 0 Å². The van der Waals surface area contributed by atoms with Gasteiger partial charge in [-0.25, -0.2) is 0 Å². The zero-order chi connectivity index (χ0) is 15.0. The number of anilines is 1. The summed E-state index contributed by atoms with van der Waals surface area (Å²) in [5, 5.41) is 7.70. The highest BCUT2D eigenvalue weighted by Gasteiger charge is 2.35. The molecule has 0 atom stereocenters. The molecule has 1 aliphatic heterocycles. The number of halogens is 4. The van der Waals surface area contributed by atoms with Crippen LogP contribution < -0.4 is 4.90 Å². The maximum absolute atomic E-state index is 13.3. The van der Waals surface area contributed by atoms with Crippen molar-refractivity contribution in [3.8, 4) is 0 Å². The van der Waals surface area contributed by atoms with Crippen LogP contribution in [0.5, 0.6) is 0 Å². The normalized spacial score (nSPS) is 15.1. The van der Waals surface area contributed by atoms with Crippen LogP contribution in [0.25, 0.3) is 0 Å². The fourth-order valence-electron chi connectivity index (χ4n) is 2.44. The van der Waals surface area contributed by atoms with Gasteiger partial charge in [0.1, 0.15) is 6.33 Å². The van der Waals surface area contributed by atoms with Crippen molar-refractivity contribution in [1.82, 2.24) is 14.8 Å². The number of alkyl halides is 4. The van der Waals surface area contributed by atoms with Gasteiger partial charge < -0.3 is 9.47 Å². The Bertz CT molecular complexity index is 653. The van der Waals surface area contributed by atoms with Gasteiger partial charge in [-0.1, -0.05) is 6.07 Å². The van der Waals surface area contributed by atoms with E-state index in [4.69, 9.17) is 11.6 Å². The van der Waals surface area contributed by atoms with Gasteiger partial charge in [0, 0.05) is 24.7 Å². The lowest BCUT2D eigenvalue weighted by Gasteiger charge is -2.31. The van der Waals surface area contributed by atoms with Crippen molar-refractivity contribution in [3.05, 3.63) is 41.5 Å². The van der Waals surface area contributed by atoms with Gasteiger partial charge in [-0.15, -0.1) is 21.8 Å². The Kier molecular flexibility index (Phi) is 3.52. The first kappa shape index (κ1) is 14.2. The third-order valence-electron chi connectivity index (χ3n) is 3.50. The van der Waals surface area contributed by atoms with E-state index < -0.39 is 11.7 Å². The summed E-state index contributed by atoms with van der Waals surface area (Å²) < 4.78 is 41.6. The molecule has 0 amide bonds. The molecule has 8 heteroatoms. The van der Waals surface area contributed by atoms with E-state index in [1.165, 1.54) is 6.07 Å². The van der Waals surface area contributed by atoms with Crippen LogP contribution in [0, 0.1) is 0 Å². The molecule has 3 rings (SSSR count). The molecule has 1 aromatic heterocycles. The molecule has 2 heterocycles. The Balaban J connectivity index is 1.99. The summed E-state index contributed by atoms with van der Waals surface area (Å²) in [6, 6.07) is 4.21. The van der Waals surface area contributed by atoms with Gasteiger partial charge in [0.05, 0.1) is 12.1 Å². The molecule has 0 unspecified atom stereocenters. The summed E-state index contributed by atoms with van der Waals surface area (Å²) >= 11 is 5.64. The Morgan fingerprint density at radius 3 is 2.76 bits per heavy atom. The number of nitrogens with zero attached hydrogens (tertiary/aromatic N) is 4. The van der Waals surface area contributed by atoms with Crippen molar-refractivity contribution < 1.29 is 13.2 Å². The summed E-state index contributed by atoms with van der Waals surface area (Å²) in [6.45, 7) is 1.36. The predicted molar refractivity (Wildman–Crippen MR) is 72.1 cm³/mol. The molecule has 1 aliphatic rings. The van der Waals surface area contributed by atoms with Gasteiger partial charge in [0.2, 0.25) is 0 Å². The maximum atomic E-state index is 13.3. The number of hydrogen-bond acceptors (Lipinski definition) is 3. The molecule has 0 radical (unpaired) electrons. The van der Waals surface area contributed by atoms with Crippen molar-refractivity contribution in [2.45, 2.75) is 25.1 Å². The molecule has 0 saturated carbocycles. The van der Waals surface area contributed by atoms with Crippen molar-refractivity contribution in [2.24, 2.45) is 0 Å². The zero-order valence-corrected chi connectivity index (χ0v) is 11.7. The molecule has 0 saturated heterocycles. The van der Waals surface area contributed by atoms with Crippen LogP contribution in [0.1, 0.15) is 17.0 Å². The molecule has 4 nitrogen and oxygen atoms in total. The lowest BCUT2D eigenvalue weighted by atomic mass is 10.1. The second kappa shape index (κ2) is 5.22. The highest BCUT2D eigenvalue weighted by Crippen LogP contribution is 2.38. The van der Waals surface area contributed by atoms with Crippen LogP contribution in [0.15, 0.2) is 24.5 Å². The van der Waals surface area contributed by atoms with Crippen LogP contribution in [0.3, 0.4) is 0 Å². The summed E-state index contributed by atoms with van der Waals surface area (Å²) in [4.78, 5) is 1.67. The largest absolute Gasteiger partial charge is 0.418 e. The van der Waals surface area contributed by atoms with Crippen LogP contribution >= 0.6 is 11.6 Å².